The Morgan fingerprint density at radius 2 is 2.18 bits per heavy atom. The molecule has 0 aliphatic rings. The van der Waals surface area contributed by atoms with Gasteiger partial charge in [0.2, 0.25) is 0 Å². The van der Waals surface area contributed by atoms with Gasteiger partial charge >= 0.3 is 5.97 Å². The van der Waals surface area contributed by atoms with Crippen molar-refractivity contribution >= 4 is 16.9 Å². The number of carbonyl (C=O) groups excluding carboxylic acids is 1. The lowest BCUT2D eigenvalue weighted by Crippen LogP contribution is -2.76. The van der Waals surface area contributed by atoms with Gasteiger partial charge in [0, 0.05) is 30.4 Å². The molecule has 0 amide bonds. The van der Waals surface area contributed by atoms with Crippen LogP contribution in [0.4, 0.5) is 0 Å². The molecule has 1 heterocycles. The van der Waals surface area contributed by atoms with E-state index in [4.69, 9.17) is 4.74 Å². The molecule has 0 bridgehead atoms. The van der Waals surface area contributed by atoms with E-state index in [2.05, 4.69) is 10.7 Å². The number of carbonyl (C=O) groups is 1. The summed E-state index contributed by atoms with van der Waals surface area (Å²) in [6.45, 7) is 1.79. The average Bonchev–Trinajstić information content (AvgIpc) is 2.71. The fraction of sp³-hybridized carbons (Fsp3) is 0.308. The van der Waals surface area contributed by atoms with Gasteiger partial charge in [-0.3, -0.25) is 0 Å². The summed E-state index contributed by atoms with van der Waals surface area (Å²) in [4.78, 5) is 14.8. The number of aromatic nitrogens is 1. The molecule has 1 aromatic heterocycles. The lowest BCUT2D eigenvalue weighted by atomic mass is 9.94. The van der Waals surface area contributed by atoms with Crippen molar-refractivity contribution in [3.63, 3.8) is 0 Å². The van der Waals surface area contributed by atoms with E-state index in [-0.39, 0.29) is 5.97 Å². The van der Waals surface area contributed by atoms with Crippen molar-refractivity contribution in [2.24, 2.45) is 0 Å². The molecule has 4 heteroatoms. The Labute approximate surface area is 99.8 Å². The molecule has 0 fully saturated rings. The second-order valence-electron chi connectivity index (χ2n) is 4.59. The van der Waals surface area contributed by atoms with Gasteiger partial charge in [0.1, 0.15) is 0 Å². The van der Waals surface area contributed by atoms with Crippen LogP contribution in [0.2, 0.25) is 0 Å². The van der Waals surface area contributed by atoms with Crippen LogP contribution in [0.25, 0.3) is 10.9 Å². The van der Waals surface area contributed by atoms with E-state index < -0.39 is 5.54 Å². The topological polar surface area (TPSA) is 69.7 Å². The molecular weight excluding hydrogens is 216 g/mol. The third-order valence-electron chi connectivity index (χ3n) is 2.93. The minimum absolute atomic E-state index is 0.289. The molecule has 0 spiro atoms. The fourth-order valence-corrected chi connectivity index (χ4v) is 2.02. The molecule has 0 radical (unpaired) electrons. The number of rotatable bonds is 3. The quantitative estimate of drug-likeness (QED) is 0.773. The van der Waals surface area contributed by atoms with Gasteiger partial charge in [-0.15, -0.1) is 0 Å². The van der Waals surface area contributed by atoms with Crippen molar-refractivity contribution in [2.75, 3.05) is 7.11 Å². The van der Waals surface area contributed by atoms with Crippen molar-refractivity contribution in [2.45, 2.75) is 18.9 Å². The fourth-order valence-electron chi connectivity index (χ4n) is 2.02. The van der Waals surface area contributed by atoms with Crippen LogP contribution in [-0.4, -0.2) is 23.6 Å². The predicted molar refractivity (Wildman–Crippen MR) is 65.3 cm³/mol. The molecular formula is C13H17N2O2+. The highest BCUT2D eigenvalue weighted by molar-refractivity contribution is 5.85. The van der Waals surface area contributed by atoms with Gasteiger partial charge in [0.05, 0.1) is 7.11 Å². The highest BCUT2D eigenvalue weighted by Crippen LogP contribution is 2.21. The highest BCUT2D eigenvalue weighted by atomic mass is 16.5. The highest BCUT2D eigenvalue weighted by Gasteiger charge is 2.34. The van der Waals surface area contributed by atoms with E-state index in [1.54, 1.807) is 6.92 Å². The molecule has 2 rings (SSSR count). The molecule has 1 aromatic carbocycles. The number of fused-ring (bicyclic) bond motifs is 1. The van der Waals surface area contributed by atoms with Crippen molar-refractivity contribution in [3.05, 3.63) is 36.0 Å². The summed E-state index contributed by atoms with van der Waals surface area (Å²) in [5.74, 6) is -0.289. The number of para-hydroxylation sites is 1. The Bertz CT molecular complexity index is 543. The molecule has 1 atom stereocenters. The van der Waals surface area contributed by atoms with Crippen LogP contribution in [0, 0.1) is 0 Å². The summed E-state index contributed by atoms with van der Waals surface area (Å²) in [7, 11) is 1.39. The molecule has 2 aromatic rings. The normalized spacial score (nSPS) is 14.5. The molecule has 4 N–H and O–H groups in total. The van der Waals surface area contributed by atoms with Gasteiger partial charge in [-0.05, 0) is 11.6 Å². The Hall–Kier alpha value is -1.81. The first-order valence-corrected chi connectivity index (χ1v) is 5.53. The SMILES string of the molecule is COC(=O)[C@](C)([NH3+])Cc1c[nH]c2ccccc12. The Morgan fingerprint density at radius 3 is 2.88 bits per heavy atom. The van der Waals surface area contributed by atoms with E-state index >= 15 is 0 Å². The predicted octanol–water partition coefficient (Wildman–Crippen LogP) is 0.884. The van der Waals surface area contributed by atoms with Crippen LogP contribution in [0.1, 0.15) is 12.5 Å². The monoisotopic (exact) mass is 233 g/mol. The molecule has 90 valence electrons. The van der Waals surface area contributed by atoms with Gasteiger partial charge in [0.25, 0.3) is 0 Å². The first-order valence-electron chi connectivity index (χ1n) is 5.53. The number of nitrogens with one attached hydrogen (secondary N) is 1. The molecule has 0 unspecified atom stereocenters. The number of H-pyrrole nitrogens is 1. The van der Waals surface area contributed by atoms with E-state index in [1.165, 1.54) is 7.11 Å². The maximum absolute atomic E-state index is 11.6. The maximum atomic E-state index is 11.6. The third-order valence-corrected chi connectivity index (χ3v) is 2.93. The van der Waals surface area contributed by atoms with Gasteiger partial charge in [-0.2, -0.15) is 0 Å². The van der Waals surface area contributed by atoms with Gasteiger partial charge < -0.3 is 15.5 Å². The zero-order chi connectivity index (χ0) is 12.5. The molecule has 0 saturated heterocycles. The van der Waals surface area contributed by atoms with Crippen LogP contribution < -0.4 is 5.73 Å². The Morgan fingerprint density at radius 1 is 1.47 bits per heavy atom. The smallest absolute Gasteiger partial charge is 0.367 e. The number of esters is 1. The summed E-state index contributed by atoms with van der Waals surface area (Å²) in [5, 5.41) is 1.13. The van der Waals surface area contributed by atoms with Gasteiger partial charge in [-0.25, -0.2) is 4.79 Å². The van der Waals surface area contributed by atoms with Gasteiger partial charge in [0.15, 0.2) is 5.54 Å². The standard InChI is InChI=1S/C13H16N2O2/c1-13(14,12(16)17-2)7-9-8-15-11-6-4-3-5-10(9)11/h3-6,8,15H,7,14H2,1-2H3/p+1/t13-/m1/s1. The van der Waals surface area contributed by atoms with E-state index in [0.29, 0.717) is 6.42 Å². The number of methoxy groups -OCH3 is 1. The molecule has 17 heavy (non-hydrogen) atoms. The van der Waals surface area contributed by atoms with E-state index in [9.17, 15) is 4.79 Å². The lowest BCUT2D eigenvalue weighted by molar-refractivity contribution is -0.456. The van der Waals surface area contributed by atoms with Gasteiger partial charge in [-0.1, -0.05) is 18.2 Å². The van der Waals surface area contributed by atoms with Crippen LogP contribution in [-0.2, 0) is 16.0 Å². The summed E-state index contributed by atoms with van der Waals surface area (Å²) < 4.78 is 4.76. The minimum atomic E-state index is -0.750. The van der Waals surface area contributed by atoms with Crippen molar-refractivity contribution < 1.29 is 15.3 Å². The first-order chi connectivity index (χ1) is 8.04. The molecule has 0 aliphatic heterocycles. The van der Waals surface area contributed by atoms with Crippen LogP contribution >= 0.6 is 0 Å². The summed E-state index contributed by atoms with van der Waals surface area (Å²) in [6.07, 6.45) is 2.49. The van der Waals surface area contributed by atoms with Crippen LogP contribution in [0.3, 0.4) is 0 Å². The molecule has 0 aliphatic carbocycles. The number of hydrogen-bond donors (Lipinski definition) is 2. The van der Waals surface area contributed by atoms with Crippen molar-refractivity contribution in [1.82, 2.24) is 4.98 Å². The van der Waals surface area contributed by atoms with E-state index in [1.807, 2.05) is 30.5 Å². The van der Waals surface area contributed by atoms with Crippen LogP contribution in [0.15, 0.2) is 30.5 Å². The number of quaternary nitrogens is 1. The average molecular weight is 233 g/mol. The first kappa shape index (κ1) is 11.7. The Balaban J connectivity index is 2.33. The number of hydrogen-bond acceptors (Lipinski definition) is 2. The Kier molecular flexibility index (Phi) is 2.90. The second-order valence-corrected chi connectivity index (χ2v) is 4.59. The summed E-state index contributed by atoms with van der Waals surface area (Å²) in [5.41, 5.74) is 5.34. The van der Waals surface area contributed by atoms with Crippen molar-refractivity contribution in [3.8, 4) is 0 Å². The second kappa shape index (κ2) is 4.22. The largest absolute Gasteiger partial charge is 0.464 e. The van der Waals surface area contributed by atoms with Crippen LogP contribution in [0.5, 0.6) is 0 Å². The van der Waals surface area contributed by atoms with Crippen molar-refractivity contribution in [1.29, 1.82) is 0 Å². The number of benzene rings is 1. The lowest BCUT2D eigenvalue weighted by Gasteiger charge is -2.17. The summed E-state index contributed by atoms with van der Waals surface area (Å²) in [6, 6.07) is 8.01. The molecule has 4 nitrogen and oxygen atoms in total. The number of aromatic amines is 1. The third kappa shape index (κ3) is 2.17. The summed E-state index contributed by atoms with van der Waals surface area (Å²) >= 11 is 0. The molecule has 0 saturated carbocycles. The zero-order valence-electron chi connectivity index (χ0n) is 10.1. The zero-order valence-corrected chi connectivity index (χ0v) is 10.1. The number of ether oxygens (including phenoxy) is 1. The van der Waals surface area contributed by atoms with E-state index in [0.717, 1.165) is 16.5 Å². The maximum Gasteiger partial charge on any atom is 0.367 e. The minimum Gasteiger partial charge on any atom is -0.464 e.